The number of hydrogen-bond donors (Lipinski definition) is 2. The van der Waals surface area contributed by atoms with Crippen LogP contribution in [0.4, 0.5) is 0 Å². The molecule has 1 saturated carbocycles. The van der Waals surface area contributed by atoms with Crippen LogP contribution in [0.2, 0.25) is 0 Å². The Morgan fingerprint density at radius 1 is 1.18 bits per heavy atom. The molecule has 22 heavy (non-hydrogen) atoms. The molecule has 5 heteroatoms. The third kappa shape index (κ3) is 3.78. The van der Waals surface area contributed by atoms with Crippen LogP contribution >= 0.6 is 0 Å². The number of benzene rings is 1. The topological polar surface area (TPSA) is 75.6 Å². The third-order valence-electron chi connectivity index (χ3n) is 4.18. The number of carbonyl (C=O) groups is 2. The second-order valence-electron chi connectivity index (χ2n) is 6.01. The highest BCUT2D eigenvalue weighted by molar-refractivity contribution is 5.89. The average molecular weight is 305 g/mol. The molecule has 1 aromatic rings. The smallest absolute Gasteiger partial charge is 0.329 e. The molecule has 1 atom stereocenters. The monoisotopic (exact) mass is 305 g/mol. The van der Waals surface area contributed by atoms with Crippen LogP contribution in [0.25, 0.3) is 0 Å². The lowest BCUT2D eigenvalue weighted by molar-refractivity contribution is -0.150. The normalized spacial score (nSPS) is 18.3. The van der Waals surface area contributed by atoms with Crippen LogP contribution in [0.5, 0.6) is 5.75 Å². The Morgan fingerprint density at radius 2 is 1.77 bits per heavy atom. The summed E-state index contributed by atoms with van der Waals surface area (Å²) in [6, 6.07) is 7.40. The van der Waals surface area contributed by atoms with Gasteiger partial charge in [0.15, 0.2) is 6.10 Å². The van der Waals surface area contributed by atoms with Gasteiger partial charge in [0.1, 0.15) is 11.3 Å². The first kappa shape index (κ1) is 16.3. The standard InChI is InChI=1S/C17H23NO4/c1-12-6-8-14(9-7-12)22-13(2)15(19)18-17(16(20)21)10-4-3-5-11-17/h6-9,13H,3-5,10-11H2,1-2H3,(H,18,19)(H,20,21). The van der Waals surface area contributed by atoms with Gasteiger partial charge >= 0.3 is 5.97 Å². The summed E-state index contributed by atoms with van der Waals surface area (Å²) < 4.78 is 5.59. The second kappa shape index (κ2) is 6.81. The lowest BCUT2D eigenvalue weighted by atomic mass is 9.81. The van der Waals surface area contributed by atoms with E-state index >= 15 is 0 Å². The number of carboxylic acid groups (broad SMARTS) is 1. The van der Waals surface area contributed by atoms with Crippen LogP contribution < -0.4 is 10.1 Å². The molecule has 1 unspecified atom stereocenters. The summed E-state index contributed by atoms with van der Waals surface area (Å²) in [5, 5.41) is 12.2. The maximum Gasteiger partial charge on any atom is 0.329 e. The zero-order chi connectivity index (χ0) is 16.2. The second-order valence-corrected chi connectivity index (χ2v) is 6.01. The number of carbonyl (C=O) groups excluding carboxylic acids is 1. The fourth-order valence-corrected chi connectivity index (χ4v) is 2.76. The lowest BCUT2D eigenvalue weighted by Gasteiger charge is -2.34. The van der Waals surface area contributed by atoms with E-state index in [4.69, 9.17) is 4.74 Å². The molecule has 0 heterocycles. The maximum absolute atomic E-state index is 12.3. The SMILES string of the molecule is Cc1ccc(OC(C)C(=O)NC2(C(=O)O)CCCCC2)cc1. The molecule has 120 valence electrons. The zero-order valence-corrected chi connectivity index (χ0v) is 13.1. The van der Waals surface area contributed by atoms with E-state index in [1.54, 1.807) is 19.1 Å². The Kier molecular flexibility index (Phi) is 5.06. The molecule has 2 rings (SSSR count). The van der Waals surface area contributed by atoms with Gasteiger partial charge in [-0.15, -0.1) is 0 Å². The molecule has 1 amide bonds. The van der Waals surface area contributed by atoms with Crippen molar-refractivity contribution in [1.29, 1.82) is 0 Å². The first-order valence-corrected chi connectivity index (χ1v) is 7.72. The van der Waals surface area contributed by atoms with Crippen molar-refractivity contribution < 1.29 is 19.4 Å². The molecule has 0 aliphatic heterocycles. The Bertz CT molecular complexity index is 532. The molecule has 1 aromatic carbocycles. The van der Waals surface area contributed by atoms with Crippen molar-refractivity contribution in [2.45, 2.75) is 57.6 Å². The number of nitrogens with one attached hydrogen (secondary N) is 1. The molecular weight excluding hydrogens is 282 g/mol. The Hall–Kier alpha value is -2.04. The summed E-state index contributed by atoms with van der Waals surface area (Å²) in [6.07, 6.45) is 2.87. The first-order valence-electron chi connectivity index (χ1n) is 7.72. The van der Waals surface area contributed by atoms with E-state index in [0.717, 1.165) is 24.8 Å². The number of amides is 1. The summed E-state index contributed by atoms with van der Waals surface area (Å²) in [5.74, 6) is -0.741. The highest BCUT2D eigenvalue weighted by Crippen LogP contribution is 2.28. The largest absolute Gasteiger partial charge is 0.481 e. The molecule has 5 nitrogen and oxygen atoms in total. The number of hydrogen-bond acceptors (Lipinski definition) is 3. The van der Waals surface area contributed by atoms with Gasteiger partial charge in [-0.05, 0) is 38.8 Å². The molecule has 0 spiro atoms. The first-order chi connectivity index (χ1) is 10.4. The summed E-state index contributed by atoms with van der Waals surface area (Å²) in [6.45, 7) is 3.60. The molecule has 1 fully saturated rings. The van der Waals surface area contributed by atoms with Crippen molar-refractivity contribution in [3.05, 3.63) is 29.8 Å². The molecule has 0 aromatic heterocycles. The van der Waals surface area contributed by atoms with E-state index in [2.05, 4.69) is 5.32 Å². The van der Waals surface area contributed by atoms with Crippen molar-refractivity contribution in [2.75, 3.05) is 0 Å². The molecule has 1 aliphatic rings. The van der Waals surface area contributed by atoms with Gasteiger partial charge in [-0.2, -0.15) is 0 Å². The van der Waals surface area contributed by atoms with Crippen molar-refractivity contribution in [3.8, 4) is 5.75 Å². The van der Waals surface area contributed by atoms with E-state index in [1.807, 2.05) is 19.1 Å². The molecule has 0 radical (unpaired) electrons. The number of ether oxygens (including phenoxy) is 1. The van der Waals surface area contributed by atoms with Gasteiger partial charge < -0.3 is 15.2 Å². The van der Waals surface area contributed by atoms with Crippen molar-refractivity contribution in [3.63, 3.8) is 0 Å². The number of carboxylic acids is 1. The van der Waals surface area contributed by atoms with E-state index in [0.29, 0.717) is 18.6 Å². The van der Waals surface area contributed by atoms with Gasteiger partial charge in [-0.25, -0.2) is 4.79 Å². The highest BCUT2D eigenvalue weighted by Gasteiger charge is 2.41. The van der Waals surface area contributed by atoms with E-state index < -0.39 is 17.6 Å². The summed E-state index contributed by atoms with van der Waals surface area (Å²) in [7, 11) is 0. The van der Waals surface area contributed by atoms with E-state index in [1.165, 1.54) is 0 Å². The van der Waals surface area contributed by atoms with Gasteiger partial charge in [0.05, 0.1) is 0 Å². The van der Waals surface area contributed by atoms with E-state index in [9.17, 15) is 14.7 Å². The van der Waals surface area contributed by atoms with Gasteiger partial charge in [0.2, 0.25) is 0 Å². The van der Waals surface area contributed by atoms with Crippen molar-refractivity contribution in [2.24, 2.45) is 0 Å². The predicted molar refractivity (Wildman–Crippen MR) is 82.9 cm³/mol. The number of aryl methyl sites for hydroxylation is 1. The molecule has 0 saturated heterocycles. The lowest BCUT2D eigenvalue weighted by Crippen LogP contribution is -2.58. The van der Waals surface area contributed by atoms with Crippen LogP contribution in [-0.4, -0.2) is 28.6 Å². The summed E-state index contributed by atoms with van der Waals surface area (Å²) >= 11 is 0. The third-order valence-corrected chi connectivity index (χ3v) is 4.18. The van der Waals surface area contributed by atoms with Crippen LogP contribution in [0.1, 0.15) is 44.6 Å². The van der Waals surface area contributed by atoms with Gasteiger partial charge in [-0.3, -0.25) is 4.79 Å². The Labute approximate surface area is 130 Å². The quantitative estimate of drug-likeness (QED) is 0.877. The van der Waals surface area contributed by atoms with Gasteiger partial charge in [0.25, 0.3) is 5.91 Å². The van der Waals surface area contributed by atoms with Crippen molar-refractivity contribution >= 4 is 11.9 Å². The Balaban J connectivity index is 2.00. The average Bonchev–Trinajstić information content (AvgIpc) is 2.50. The highest BCUT2D eigenvalue weighted by atomic mass is 16.5. The van der Waals surface area contributed by atoms with Gasteiger partial charge in [0, 0.05) is 0 Å². The molecular formula is C17H23NO4. The number of rotatable bonds is 5. The Morgan fingerprint density at radius 3 is 2.32 bits per heavy atom. The minimum Gasteiger partial charge on any atom is -0.481 e. The fraction of sp³-hybridized carbons (Fsp3) is 0.529. The van der Waals surface area contributed by atoms with Crippen LogP contribution in [0.3, 0.4) is 0 Å². The zero-order valence-electron chi connectivity index (χ0n) is 13.1. The van der Waals surface area contributed by atoms with Gasteiger partial charge in [-0.1, -0.05) is 37.0 Å². The minimum absolute atomic E-state index is 0.384. The molecule has 1 aliphatic carbocycles. The maximum atomic E-state index is 12.3. The van der Waals surface area contributed by atoms with Crippen LogP contribution in [0.15, 0.2) is 24.3 Å². The number of aliphatic carboxylic acids is 1. The molecule has 0 bridgehead atoms. The molecule has 2 N–H and O–H groups in total. The summed E-state index contributed by atoms with van der Waals surface area (Å²) in [4.78, 5) is 23.9. The predicted octanol–water partition coefficient (Wildman–Crippen LogP) is 2.67. The van der Waals surface area contributed by atoms with Crippen molar-refractivity contribution in [1.82, 2.24) is 5.32 Å². The van der Waals surface area contributed by atoms with E-state index in [-0.39, 0.29) is 5.91 Å². The fourth-order valence-electron chi connectivity index (χ4n) is 2.76. The van der Waals surface area contributed by atoms with Crippen LogP contribution in [-0.2, 0) is 9.59 Å². The summed E-state index contributed by atoms with van der Waals surface area (Å²) in [5.41, 5.74) is -0.0308. The minimum atomic E-state index is -1.14. The van der Waals surface area contributed by atoms with Crippen LogP contribution in [0, 0.1) is 6.92 Å².